The van der Waals surface area contributed by atoms with Gasteiger partial charge in [0, 0.05) is 0 Å². The van der Waals surface area contributed by atoms with Crippen LogP contribution in [0.2, 0.25) is 0 Å². The Bertz CT molecular complexity index is 1550. The van der Waals surface area contributed by atoms with Crippen LogP contribution >= 0.6 is 0 Å². The maximum atomic E-state index is 2.32. The van der Waals surface area contributed by atoms with Gasteiger partial charge in [-0.3, -0.25) is 0 Å². The standard InChI is InChI=1S/C32H24/c1-21-18-22(2)20-24(19-21)31-27-13-5-7-15-29(27)32(30-16-8-6-14-28(30)31)26-17-9-11-23-10-3-4-12-25(23)26/h3-20H,1-2H3. The Labute approximate surface area is 188 Å². The van der Waals surface area contributed by atoms with Crippen molar-refractivity contribution in [3.63, 3.8) is 0 Å². The van der Waals surface area contributed by atoms with Crippen molar-refractivity contribution in [2.45, 2.75) is 13.8 Å². The van der Waals surface area contributed by atoms with Crippen molar-refractivity contribution in [3.8, 4) is 22.3 Å². The van der Waals surface area contributed by atoms with Gasteiger partial charge in [0.25, 0.3) is 0 Å². The van der Waals surface area contributed by atoms with E-state index in [1.54, 1.807) is 0 Å². The van der Waals surface area contributed by atoms with E-state index < -0.39 is 0 Å². The van der Waals surface area contributed by atoms with E-state index in [0.29, 0.717) is 0 Å². The van der Waals surface area contributed by atoms with E-state index >= 15 is 0 Å². The molecule has 0 fully saturated rings. The lowest BCUT2D eigenvalue weighted by molar-refractivity contribution is 1.39. The Morgan fingerprint density at radius 2 is 0.875 bits per heavy atom. The number of fused-ring (bicyclic) bond motifs is 3. The fourth-order valence-electron chi connectivity index (χ4n) is 5.29. The van der Waals surface area contributed by atoms with E-state index in [0.717, 1.165) is 0 Å². The van der Waals surface area contributed by atoms with Crippen molar-refractivity contribution in [3.05, 3.63) is 120 Å². The van der Waals surface area contributed by atoms with E-state index in [-0.39, 0.29) is 0 Å². The summed E-state index contributed by atoms with van der Waals surface area (Å²) >= 11 is 0. The van der Waals surface area contributed by atoms with E-state index in [1.165, 1.54) is 65.7 Å². The summed E-state index contributed by atoms with van der Waals surface area (Å²) in [4.78, 5) is 0. The lowest BCUT2D eigenvalue weighted by Gasteiger charge is -2.19. The van der Waals surface area contributed by atoms with Crippen LogP contribution in [0.3, 0.4) is 0 Å². The summed E-state index contributed by atoms with van der Waals surface area (Å²) in [6.45, 7) is 4.37. The molecule has 0 unspecified atom stereocenters. The molecule has 0 aromatic heterocycles. The predicted molar refractivity (Wildman–Crippen MR) is 139 cm³/mol. The first-order valence-electron chi connectivity index (χ1n) is 11.2. The van der Waals surface area contributed by atoms with Gasteiger partial charge in [-0.1, -0.05) is 120 Å². The van der Waals surface area contributed by atoms with Crippen LogP contribution in [0.25, 0.3) is 54.6 Å². The Hall–Kier alpha value is -3.90. The fourth-order valence-corrected chi connectivity index (χ4v) is 5.29. The highest BCUT2D eigenvalue weighted by Gasteiger charge is 2.17. The summed E-state index contributed by atoms with van der Waals surface area (Å²) in [5.74, 6) is 0. The summed E-state index contributed by atoms with van der Waals surface area (Å²) in [6, 6.07) is 40.0. The maximum Gasteiger partial charge on any atom is -0.00201 e. The van der Waals surface area contributed by atoms with Gasteiger partial charge in [-0.15, -0.1) is 0 Å². The molecule has 152 valence electrons. The van der Waals surface area contributed by atoms with Crippen LogP contribution in [0.5, 0.6) is 0 Å². The maximum absolute atomic E-state index is 2.32. The molecule has 0 heteroatoms. The highest BCUT2D eigenvalue weighted by molar-refractivity contribution is 6.23. The lowest BCUT2D eigenvalue weighted by atomic mass is 9.84. The van der Waals surface area contributed by atoms with Gasteiger partial charge in [-0.25, -0.2) is 0 Å². The van der Waals surface area contributed by atoms with E-state index in [1.807, 2.05) is 0 Å². The molecule has 0 aliphatic heterocycles. The first-order valence-corrected chi connectivity index (χ1v) is 11.2. The quantitative estimate of drug-likeness (QED) is 0.251. The number of aryl methyl sites for hydroxylation is 2. The van der Waals surface area contributed by atoms with Gasteiger partial charge in [0.2, 0.25) is 0 Å². The molecule has 0 N–H and O–H groups in total. The number of hydrogen-bond donors (Lipinski definition) is 0. The molecular weight excluding hydrogens is 384 g/mol. The summed E-state index contributed by atoms with van der Waals surface area (Å²) < 4.78 is 0. The Kier molecular flexibility index (Phi) is 4.33. The van der Waals surface area contributed by atoms with Crippen molar-refractivity contribution >= 4 is 32.3 Å². The summed E-state index contributed by atoms with van der Waals surface area (Å²) in [5, 5.41) is 7.78. The summed E-state index contributed by atoms with van der Waals surface area (Å²) in [5.41, 5.74) is 7.83. The first-order chi connectivity index (χ1) is 15.7. The monoisotopic (exact) mass is 408 g/mol. The van der Waals surface area contributed by atoms with Crippen molar-refractivity contribution in [2.24, 2.45) is 0 Å². The van der Waals surface area contributed by atoms with Crippen molar-refractivity contribution in [1.82, 2.24) is 0 Å². The molecule has 0 heterocycles. The smallest absolute Gasteiger partial charge is 0.00201 e. The second kappa shape index (κ2) is 7.35. The molecule has 32 heavy (non-hydrogen) atoms. The predicted octanol–water partition coefficient (Wildman–Crippen LogP) is 9.10. The average molecular weight is 409 g/mol. The van der Waals surface area contributed by atoms with Crippen LogP contribution in [0.4, 0.5) is 0 Å². The molecule has 0 saturated carbocycles. The summed E-state index contributed by atoms with van der Waals surface area (Å²) in [7, 11) is 0. The molecule has 0 nitrogen and oxygen atoms in total. The van der Waals surface area contributed by atoms with Crippen molar-refractivity contribution in [2.75, 3.05) is 0 Å². The van der Waals surface area contributed by atoms with Crippen LogP contribution < -0.4 is 0 Å². The van der Waals surface area contributed by atoms with Gasteiger partial charge in [0.15, 0.2) is 0 Å². The first kappa shape index (κ1) is 18.8. The van der Waals surface area contributed by atoms with Crippen LogP contribution in [-0.2, 0) is 0 Å². The highest BCUT2D eigenvalue weighted by Crippen LogP contribution is 2.45. The minimum absolute atomic E-state index is 1.27. The normalized spacial score (nSPS) is 11.4. The molecule has 0 amide bonds. The van der Waals surface area contributed by atoms with Gasteiger partial charge >= 0.3 is 0 Å². The van der Waals surface area contributed by atoms with Crippen molar-refractivity contribution < 1.29 is 0 Å². The molecule has 0 bridgehead atoms. The van der Waals surface area contributed by atoms with Gasteiger partial charge in [-0.2, -0.15) is 0 Å². The zero-order chi connectivity index (χ0) is 21.7. The van der Waals surface area contributed by atoms with Crippen molar-refractivity contribution in [1.29, 1.82) is 0 Å². The number of benzene rings is 6. The third kappa shape index (κ3) is 2.92. The van der Waals surface area contributed by atoms with Gasteiger partial charge in [-0.05, 0) is 68.4 Å². The van der Waals surface area contributed by atoms with Crippen LogP contribution in [0, 0.1) is 13.8 Å². The van der Waals surface area contributed by atoms with E-state index in [2.05, 4.69) is 123 Å². The molecule has 0 saturated heterocycles. The van der Waals surface area contributed by atoms with Crippen LogP contribution in [0.1, 0.15) is 11.1 Å². The Morgan fingerprint density at radius 3 is 1.47 bits per heavy atom. The second-order valence-electron chi connectivity index (χ2n) is 8.74. The average Bonchev–Trinajstić information content (AvgIpc) is 2.81. The number of rotatable bonds is 2. The molecule has 0 aliphatic carbocycles. The molecule has 6 aromatic rings. The molecule has 0 spiro atoms. The van der Waals surface area contributed by atoms with Gasteiger partial charge in [0.05, 0.1) is 0 Å². The third-order valence-corrected chi connectivity index (χ3v) is 6.50. The summed E-state index contributed by atoms with van der Waals surface area (Å²) in [6.07, 6.45) is 0. The molecule has 6 aromatic carbocycles. The molecule has 0 atom stereocenters. The van der Waals surface area contributed by atoms with Crippen LogP contribution in [0.15, 0.2) is 109 Å². The van der Waals surface area contributed by atoms with Gasteiger partial charge < -0.3 is 0 Å². The fraction of sp³-hybridized carbons (Fsp3) is 0.0625. The second-order valence-corrected chi connectivity index (χ2v) is 8.74. The molecular formula is C32H24. The van der Waals surface area contributed by atoms with E-state index in [4.69, 9.17) is 0 Å². The minimum Gasteiger partial charge on any atom is -0.0616 e. The highest BCUT2D eigenvalue weighted by atomic mass is 14.2. The SMILES string of the molecule is Cc1cc(C)cc(-c2c3ccccc3c(-c3cccc4ccccc34)c3ccccc23)c1. The molecule has 0 radical (unpaired) electrons. The Balaban J connectivity index is 1.83. The Morgan fingerprint density at radius 1 is 0.406 bits per heavy atom. The van der Waals surface area contributed by atoms with Crippen LogP contribution in [-0.4, -0.2) is 0 Å². The van der Waals surface area contributed by atoms with Gasteiger partial charge in [0.1, 0.15) is 0 Å². The minimum atomic E-state index is 1.27. The topological polar surface area (TPSA) is 0 Å². The zero-order valence-corrected chi connectivity index (χ0v) is 18.4. The lowest BCUT2D eigenvalue weighted by Crippen LogP contribution is -1.92. The molecule has 0 aliphatic rings. The molecule has 6 rings (SSSR count). The largest absolute Gasteiger partial charge is 0.0616 e. The zero-order valence-electron chi connectivity index (χ0n) is 18.4. The number of hydrogen-bond acceptors (Lipinski definition) is 0. The third-order valence-electron chi connectivity index (χ3n) is 6.50. The van der Waals surface area contributed by atoms with E-state index in [9.17, 15) is 0 Å².